The van der Waals surface area contributed by atoms with Crippen molar-refractivity contribution in [2.24, 2.45) is 23.7 Å². The lowest BCUT2D eigenvalue weighted by atomic mass is 10.00. The summed E-state index contributed by atoms with van der Waals surface area (Å²) in [4.78, 5) is 72.7. The van der Waals surface area contributed by atoms with E-state index in [-0.39, 0.29) is 25.7 Å². The third-order valence-corrected chi connectivity index (χ3v) is 19.1. The average Bonchev–Trinajstić information content (AvgIpc) is 3.50. The van der Waals surface area contributed by atoms with Gasteiger partial charge in [0.25, 0.3) is 0 Å². The van der Waals surface area contributed by atoms with Crippen LogP contribution in [0.25, 0.3) is 0 Å². The number of carbonyl (C=O) groups excluding carboxylic acids is 4. The molecule has 0 saturated carbocycles. The van der Waals surface area contributed by atoms with E-state index in [9.17, 15) is 43.2 Å². The van der Waals surface area contributed by atoms with Crippen molar-refractivity contribution in [1.82, 2.24) is 0 Å². The summed E-state index contributed by atoms with van der Waals surface area (Å²) in [6.07, 6.45) is 45.8. The van der Waals surface area contributed by atoms with Crippen LogP contribution in [0.15, 0.2) is 0 Å². The van der Waals surface area contributed by atoms with Gasteiger partial charge in [-0.3, -0.25) is 37.3 Å². The first kappa shape index (κ1) is 90.1. The molecule has 6 atom stereocenters. The number of phosphoric ester groups is 2. The van der Waals surface area contributed by atoms with Crippen molar-refractivity contribution in [3.63, 3.8) is 0 Å². The fourth-order valence-corrected chi connectivity index (χ4v) is 12.6. The van der Waals surface area contributed by atoms with Gasteiger partial charge in [-0.25, -0.2) is 9.13 Å². The molecular weight excluding hydrogens is 1210 g/mol. The molecule has 0 aliphatic heterocycles. The second-order valence-corrected chi connectivity index (χ2v) is 30.9. The van der Waals surface area contributed by atoms with Gasteiger partial charge in [0, 0.05) is 25.7 Å². The van der Waals surface area contributed by atoms with Crippen molar-refractivity contribution < 1.29 is 80.2 Å². The maximum Gasteiger partial charge on any atom is 0.472 e. The van der Waals surface area contributed by atoms with Gasteiger partial charge < -0.3 is 33.8 Å². The molecule has 0 rings (SSSR count). The van der Waals surface area contributed by atoms with Crippen LogP contribution >= 0.6 is 15.6 Å². The molecule has 3 N–H and O–H groups in total. The number of rotatable bonds is 70. The number of ether oxygens (including phenoxy) is 4. The Balaban J connectivity index is 5.26. The molecule has 19 heteroatoms. The van der Waals surface area contributed by atoms with Crippen molar-refractivity contribution in [2.45, 2.75) is 382 Å². The Labute approximate surface area is 562 Å². The molecule has 17 nitrogen and oxygen atoms in total. The van der Waals surface area contributed by atoms with Crippen LogP contribution < -0.4 is 0 Å². The standard InChI is InChI=1S/C73H142O17P2/c1-9-66(8)52-44-36-31-32-38-46-54-71(76)84-60-69(90-73(78)56-48-40-30-23-17-13-15-20-26-34-42-50-64(4)5)62-88-92(81,82)86-58-67(74)57-85-91(79,80)87-61-68(59-83-70(75)53-45-37-28-24-18-21-27-35-43-51-65(6)7)89-72(77)55-47-39-29-22-16-12-10-11-14-19-25-33-41-49-63(2)3/h63-69,74H,9-62H2,1-8H3,(H,79,80)(H,81,82)/t66?,67-,68-,69-/m1/s1. The van der Waals surface area contributed by atoms with Crippen molar-refractivity contribution in [3.8, 4) is 0 Å². The first-order valence-electron chi connectivity index (χ1n) is 37.7. The molecule has 0 aromatic carbocycles. The Morgan fingerprint density at radius 1 is 0.304 bits per heavy atom. The molecule has 0 bridgehead atoms. The molecule has 0 saturated heterocycles. The molecule has 0 aromatic heterocycles. The highest BCUT2D eigenvalue weighted by atomic mass is 31.2. The predicted octanol–water partition coefficient (Wildman–Crippen LogP) is 20.9. The molecule has 0 aliphatic rings. The molecular formula is C73H142O17P2. The quantitative estimate of drug-likeness (QED) is 0.0222. The molecule has 0 radical (unpaired) electrons. The third kappa shape index (κ3) is 65.4. The zero-order valence-electron chi connectivity index (χ0n) is 60.2. The summed E-state index contributed by atoms with van der Waals surface area (Å²) in [6, 6.07) is 0. The number of esters is 4. The lowest BCUT2D eigenvalue weighted by Crippen LogP contribution is -2.30. The molecule has 92 heavy (non-hydrogen) atoms. The smallest absolute Gasteiger partial charge is 0.462 e. The predicted molar refractivity (Wildman–Crippen MR) is 372 cm³/mol. The lowest BCUT2D eigenvalue weighted by Gasteiger charge is -2.21. The van der Waals surface area contributed by atoms with E-state index in [4.69, 9.17) is 37.0 Å². The van der Waals surface area contributed by atoms with Gasteiger partial charge >= 0.3 is 39.5 Å². The third-order valence-electron chi connectivity index (χ3n) is 17.2. The van der Waals surface area contributed by atoms with Gasteiger partial charge in [-0.2, -0.15) is 0 Å². The zero-order chi connectivity index (χ0) is 68.2. The van der Waals surface area contributed by atoms with E-state index in [1.54, 1.807) is 0 Å². The van der Waals surface area contributed by atoms with Gasteiger partial charge in [0.2, 0.25) is 0 Å². The highest BCUT2D eigenvalue weighted by molar-refractivity contribution is 7.47. The van der Waals surface area contributed by atoms with Gasteiger partial charge in [0.1, 0.15) is 19.3 Å². The fraction of sp³-hybridized carbons (Fsp3) is 0.945. The number of phosphoric acid groups is 2. The highest BCUT2D eigenvalue weighted by Crippen LogP contribution is 2.45. The summed E-state index contributed by atoms with van der Waals surface area (Å²) >= 11 is 0. The van der Waals surface area contributed by atoms with Gasteiger partial charge in [0.05, 0.1) is 26.4 Å². The summed E-state index contributed by atoms with van der Waals surface area (Å²) in [6.45, 7) is 14.1. The number of carbonyl (C=O) groups is 4. The largest absolute Gasteiger partial charge is 0.472 e. The Morgan fingerprint density at radius 2 is 0.522 bits per heavy atom. The van der Waals surface area contributed by atoms with Crippen LogP contribution in [0.2, 0.25) is 0 Å². The zero-order valence-corrected chi connectivity index (χ0v) is 62.0. The van der Waals surface area contributed by atoms with Gasteiger partial charge in [-0.1, -0.05) is 312 Å². The van der Waals surface area contributed by atoms with E-state index in [1.807, 2.05) is 0 Å². The summed E-state index contributed by atoms with van der Waals surface area (Å²) in [5.74, 6) is 0.901. The van der Waals surface area contributed by atoms with Crippen molar-refractivity contribution in [3.05, 3.63) is 0 Å². The molecule has 0 aromatic rings. The van der Waals surface area contributed by atoms with Gasteiger partial charge in [-0.15, -0.1) is 0 Å². The van der Waals surface area contributed by atoms with E-state index in [0.29, 0.717) is 25.7 Å². The van der Waals surface area contributed by atoms with Gasteiger partial charge in [-0.05, 0) is 49.4 Å². The number of unbranched alkanes of at least 4 members (excludes halogenated alkanes) is 35. The SMILES string of the molecule is CCC(C)CCCCCCCCC(=O)OC[C@H](COP(=O)(O)OC[C@H](O)COP(=O)(O)OC[C@@H](COC(=O)CCCCCCCCCCCC(C)C)OC(=O)CCCCCCCCCCCCCCCC(C)C)OC(=O)CCCCCCCCCCCCCC(C)C. The van der Waals surface area contributed by atoms with E-state index >= 15 is 0 Å². The van der Waals surface area contributed by atoms with E-state index in [2.05, 4.69) is 55.4 Å². The average molecular weight is 1350 g/mol. The minimum absolute atomic E-state index is 0.105. The van der Waals surface area contributed by atoms with Crippen LogP contribution in [0.1, 0.15) is 364 Å². The summed E-state index contributed by atoms with van der Waals surface area (Å²) in [5, 5.41) is 10.6. The molecule has 0 aliphatic carbocycles. The van der Waals surface area contributed by atoms with E-state index in [1.165, 1.54) is 161 Å². The fourth-order valence-electron chi connectivity index (χ4n) is 11.0. The number of hydrogen-bond acceptors (Lipinski definition) is 15. The van der Waals surface area contributed by atoms with Crippen LogP contribution in [-0.2, 0) is 65.4 Å². The van der Waals surface area contributed by atoms with Crippen LogP contribution in [0.4, 0.5) is 0 Å². The van der Waals surface area contributed by atoms with Crippen molar-refractivity contribution >= 4 is 39.5 Å². The number of aliphatic hydroxyl groups excluding tert-OH is 1. The second-order valence-electron chi connectivity index (χ2n) is 28.0. The van der Waals surface area contributed by atoms with Crippen LogP contribution in [0, 0.1) is 23.7 Å². The molecule has 0 amide bonds. The molecule has 0 heterocycles. The maximum atomic E-state index is 13.0. The monoisotopic (exact) mass is 1350 g/mol. The number of aliphatic hydroxyl groups is 1. The van der Waals surface area contributed by atoms with E-state index < -0.39 is 97.5 Å². The van der Waals surface area contributed by atoms with Crippen molar-refractivity contribution in [1.29, 1.82) is 0 Å². The Morgan fingerprint density at radius 3 is 0.772 bits per heavy atom. The molecule has 546 valence electrons. The second kappa shape index (κ2) is 62.6. The lowest BCUT2D eigenvalue weighted by molar-refractivity contribution is -0.161. The van der Waals surface area contributed by atoms with Gasteiger partial charge in [0.15, 0.2) is 12.2 Å². The molecule has 0 spiro atoms. The first-order chi connectivity index (χ1) is 44.1. The summed E-state index contributed by atoms with van der Waals surface area (Å²) < 4.78 is 68.4. The van der Waals surface area contributed by atoms with Crippen molar-refractivity contribution in [2.75, 3.05) is 39.6 Å². The maximum absolute atomic E-state index is 13.0. The normalized spacial score (nSPS) is 14.5. The van der Waals surface area contributed by atoms with Crippen LogP contribution in [0.5, 0.6) is 0 Å². The Kier molecular flexibility index (Phi) is 61.3. The first-order valence-corrected chi connectivity index (χ1v) is 40.7. The molecule has 3 unspecified atom stereocenters. The topological polar surface area (TPSA) is 237 Å². The highest BCUT2D eigenvalue weighted by Gasteiger charge is 2.30. The summed E-state index contributed by atoms with van der Waals surface area (Å²) in [5.41, 5.74) is 0. The minimum atomic E-state index is -4.96. The minimum Gasteiger partial charge on any atom is -0.462 e. The van der Waals surface area contributed by atoms with Crippen LogP contribution in [0.3, 0.4) is 0 Å². The Bertz CT molecular complexity index is 1820. The van der Waals surface area contributed by atoms with Crippen LogP contribution in [-0.4, -0.2) is 96.7 Å². The Hall–Kier alpha value is -1.94. The van der Waals surface area contributed by atoms with E-state index in [0.717, 1.165) is 120 Å². The summed E-state index contributed by atoms with van der Waals surface area (Å²) in [7, 11) is -9.91. The number of hydrogen-bond donors (Lipinski definition) is 3. The molecule has 0 fully saturated rings.